The molecule has 0 radical (unpaired) electrons. The number of pyridine rings is 1. The first-order valence-electron chi connectivity index (χ1n) is 7.72. The summed E-state index contributed by atoms with van der Waals surface area (Å²) in [6.07, 6.45) is 1.17. The minimum Gasteiger partial charge on any atom is -0.454 e. The zero-order chi connectivity index (χ0) is 19.6. The van der Waals surface area contributed by atoms with Crippen LogP contribution in [0.4, 0.5) is 0 Å². The van der Waals surface area contributed by atoms with Crippen LogP contribution in [0.25, 0.3) is 0 Å². The minimum atomic E-state index is -0.885. The Bertz CT molecular complexity index is 906. The van der Waals surface area contributed by atoms with Crippen LogP contribution in [0, 0.1) is 0 Å². The van der Waals surface area contributed by atoms with E-state index < -0.39 is 18.5 Å². The molecule has 0 spiro atoms. The van der Waals surface area contributed by atoms with Gasteiger partial charge in [0, 0.05) is 6.20 Å². The lowest BCUT2D eigenvalue weighted by Crippen LogP contribution is -2.31. The predicted molar refractivity (Wildman–Crippen MR) is 98.7 cm³/mol. The first-order valence-corrected chi connectivity index (χ1v) is 8.85. The van der Waals surface area contributed by atoms with Gasteiger partial charge in [-0.3, -0.25) is 4.79 Å². The van der Waals surface area contributed by atoms with Crippen LogP contribution in [0.15, 0.2) is 24.4 Å². The first kappa shape index (κ1) is 19.5. The van der Waals surface area contributed by atoms with Crippen LogP contribution in [0.5, 0.6) is 11.5 Å². The van der Waals surface area contributed by atoms with Crippen LogP contribution in [0.1, 0.15) is 29.0 Å². The van der Waals surface area contributed by atoms with E-state index in [1.165, 1.54) is 6.20 Å². The number of esters is 1. The number of halogens is 3. The number of ether oxygens (including phenoxy) is 3. The molecule has 10 heteroatoms. The van der Waals surface area contributed by atoms with E-state index in [9.17, 15) is 9.59 Å². The van der Waals surface area contributed by atoms with Gasteiger partial charge in [-0.1, -0.05) is 40.9 Å². The number of hydrogen-bond donors (Lipinski definition) is 1. The number of rotatable bonds is 5. The molecule has 1 N–H and O–H groups in total. The number of nitrogens with zero attached hydrogens (tertiary/aromatic N) is 1. The number of amides is 1. The first-order chi connectivity index (χ1) is 12.9. The number of benzene rings is 1. The summed E-state index contributed by atoms with van der Waals surface area (Å²) in [7, 11) is 0. The van der Waals surface area contributed by atoms with Crippen molar-refractivity contribution in [2.24, 2.45) is 0 Å². The van der Waals surface area contributed by atoms with E-state index in [2.05, 4.69) is 10.3 Å². The fraction of sp³-hybridized carbons (Fsp3) is 0.235. The molecule has 2 heterocycles. The van der Waals surface area contributed by atoms with Crippen molar-refractivity contribution in [3.05, 3.63) is 50.7 Å². The summed E-state index contributed by atoms with van der Waals surface area (Å²) >= 11 is 17.5. The molecule has 1 amide bonds. The number of carbonyl (C=O) groups is 2. The summed E-state index contributed by atoms with van der Waals surface area (Å²) in [4.78, 5) is 27.9. The Kier molecular flexibility index (Phi) is 5.94. The third-order valence-corrected chi connectivity index (χ3v) is 4.96. The highest BCUT2D eigenvalue weighted by molar-refractivity contribution is 6.48. The normalized spacial score (nSPS) is 13.2. The van der Waals surface area contributed by atoms with E-state index in [1.807, 2.05) is 6.07 Å². The summed E-state index contributed by atoms with van der Waals surface area (Å²) in [5.41, 5.74) is 0.593. The fourth-order valence-corrected chi connectivity index (χ4v) is 2.89. The fourth-order valence-electron chi connectivity index (χ4n) is 2.33. The number of nitrogens with one attached hydrogen (secondary N) is 1. The molecule has 3 rings (SSSR count). The lowest BCUT2D eigenvalue weighted by Gasteiger charge is -2.15. The summed E-state index contributed by atoms with van der Waals surface area (Å²) in [5.74, 6) is -0.119. The SMILES string of the molecule is C[C@@H](NC(=O)COC(=O)c1ncc(Cl)c(Cl)c1Cl)c1ccc2c(c1)OCO2. The van der Waals surface area contributed by atoms with E-state index in [0.29, 0.717) is 11.5 Å². The number of fused-ring (bicyclic) bond motifs is 1. The molecule has 0 saturated heterocycles. The summed E-state index contributed by atoms with van der Waals surface area (Å²) < 4.78 is 15.5. The molecular formula is C17H13Cl3N2O5. The van der Waals surface area contributed by atoms with E-state index in [4.69, 9.17) is 49.0 Å². The van der Waals surface area contributed by atoms with E-state index in [-0.39, 0.29) is 33.6 Å². The van der Waals surface area contributed by atoms with Crippen molar-refractivity contribution in [2.45, 2.75) is 13.0 Å². The largest absolute Gasteiger partial charge is 0.454 e. The zero-order valence-corrected chi connectivity index (χ0v) is 16.2. The standard InChI is InChI=1S/C17H13Cl3N2O5/c1-8(9-2-3-11-12(4-9)27-7-26-11)22-13(23)6-25-17(24)16-15(20)14(19)10(18)5-21-16/h2-5,8H,6-7H2,1H3,(H,22,23)/t8-/m1/s1. The molecule has 142 valence electrons. The molecule has 7 nitrogen and oxygen atoms in total. The lowest BCUT2D eigenvalue weighted by molar-refractivity contribution is -0.124. The van der Waals surface area contributed by atoms with Crippen molar-refractivity contribution in [3.63, 3.8) is 0 Å². The van der Waals surface area contributed by atoms with Crippen LogP contribution in [0.3, 0.4) is 0 Å². The van der Waals surface area contributed by atoms with Gasteiger partial charge in [0.05, 0.1) is 21.1 Å². The van der Waals surface area contributed by atoms with Gasteiger partial charge in [-0.05, 0) is 24.6 Å². The molecule has 1 aromatic heterocycles. The van der Waals surface area contributed by atoms with Crippen molar-refractivity contribution in [3.8, 4) is 11.5 Å². The molecule has 0 unspecified atom stereocenters. The third-order valence-electron chi connectivity index (χ3n) is 3.72. The number of aromatic nitrogens is 1. The van der Waals surface area contributed by atoms with Crippen LogP contribution in [-0.4, -0.2) is 30.3 Å². The molecule has 0 fully saturated rings. The topological polar surface area (TPSA) is 86.8 Å². The second kappa shape index (κ2) is 8.21. The van der Waals surface area contributed by atoms with E-state index in [0.717, 1.165) is 5.56 Å². The van der Waals surface area contributed by atoms with Gasteiger partial charge >= 0.3 is 5.97 Å². The van der Waals surface area contributed by atoms with E-state index >= 15 is 0 Å². The third kappa shape index (κ3) is 4.37. The Hall–Kier alpha value is -2.22. The van der Waals surface area contributed by atoms with Crippen molar-refractivity contribution in [1.82, 2.24) is 10.3 Å². The van der Waals surface area contributed by atoms with Crippen molar-refractivity contribution in [2.75, 3.05) is 13.4 Å². The Morgan fingerprint density at radius 3 is 2.74 bits per heavy atom. The highest BCUT2D eigenvalue weighted by atomic mass is 35.5. The summed E-state index contributed by atoms with van der Waals surface area (Å²) in [6.45, 7) is 1.45. The zero-order valence-electron chi connectivity index (χ0n) is 13.9. The molecule has 1 atom stereocenters. The minimum absolute atomic E-state index is 0.0128. The lowest BCUT2D eigenvalue weighted by atomic mass is 10.1. The van der Waals surface area contributed by atoms with Gasteiger partial charge in [0.2, 0.25) is 6.79 Å². The van der Waals surface area contributed by atoms with Crippen LogP contribution >= 0.6 is 34.8 Å². The Labute approximate surface area is 169 Å². The van der Waals surface area contributed by atoms with Gasteiger partial charge in [0.25, 0.3) is 5.91 Å². The Morgan fingerprint density at radius 1 is 1.22 bits per heavy atom. The summed E-state index contributed by atoms with van der Waals surface area (Å²) in [5, 5.41) is 2.67. The highest BCUT2D eigenvalue weighted by Gasteiger charge is 2.21. The van der Waals surface area contributed by atoms with Gasteiger partial charge in [0.1, 0.15) is 0 Å². The van der Waals surface area contributed by atoms with Crippen LogP contribution in [-0.2, 0) is 9.53 Å². The highest BCUT2D eigenvalue weighted by Crippen LogP contribution is 2.34. The Morgan fingerprint density at radius 2 is 1.96 bits per heavy atom. The molecule has 0 bridgehead atoms. The molecule has 1 aliphatic rings. The second-order valence-electron chi connectivity index (χ2n) is 5.56. The van der Waals surface area contributed by atoms with Gasteiger partial charge in [-0.2, -0.15) is 0 Å². The Balaban J connectivity index is 1.56. The number of carbonyl (C=O) groups excluding carboxylic acids is 2. The molecule has 0 saturated carbocycles. The van der Waals surface area contributed by atoms with Gasteiger partial charge < -0.3 is 19.5 Å². The maximum atomic E-state index is 12.1. The van der Waals surface area contributed by atoms with E-state index in [1.54, 1.807) is 19.1 Å². The number of hydrogen-bond acceptors (Lipinski definition) is 6. The molecule has 2 aromatic rings. The van der Waals surface area contributed by atoms with Crippen LogP contribution < -0.4 is 14.8 Å². The molecule has 27 heavy (non-hydrogen) atoms. The predicted octanol–water partition coefficient (Wildman–Crippen LogP) is 3.80. The smallest absolute Gasteiger partial charge is 0.359 e. The summed E-state index contributed by atoms with van der Waals surface area (Å²) in [6, 6.07) is 5.01. The average Bonchev–Trinajstić information content (AvgIpc) is 3.12. The molecular weight excluding hydrogens is 419 g/mol. The maximum absolute atomic E-state index is 12.1. The van der Waals surface area contributed by atoms with Gasteiger partial charge in [0.15, 0.2) is 23.8 Å². The van der Waals surface area contributed by atoms with Crippen molar-refractivity contribution in [1.29, 1.82) is 0 Å². The quantitative estimate of drug-likeness (QED) is 0.725. The molecule has 1 aromatic carbocycles. The van der Waals surface area contributed by atoms with Gasteiger partial charge in [-0.15, -0.1) is 0 Å². The van der Waals surface area contributed by atoms with Crippen LogP contribution in [0.2, 0.25) is 15.1 Å². The average molecular weight is 432 g/mol. The van der Waals surface area contributed by atoms with Crippen molar-refractivity contribution < 1.29 is 23.8 Å². The van der Waals surface area contributed by atoms with Gasteiger partial charge in [-0.25, -0.2) is 9.78 Å². The second-order valence-corrected chi connectivity index (χ2v) is 6.72. The molecule has 1 aliphatic heterocycles. The monoisotopic (exact) mass is 430 g/mol. The molecule has 0 aliphatic carbocycles. The van der Waals surface area contributed by atoms with Crippen molar-refractivity contribution >= 4 is 46.7 Å². The maximum Gasteiger partial charge on any atom is 0.359 e.